The smallest absolute Gasteiger partial charge is 0.240 e. The summed E-state index contributed by atoms with van der Waals surface area (Å²) in [6.45, 7) is 3.34. The summed E-state index contributed by atoms with van der Waals surface area (Å²) >= 11 is 0. The molecule has 3 N–H and O–H groups in total. The van der Waals surface area contributed by atoms with Crippen LogP contribution in [0, 0.1) is 0 Å². The number of hydrogen-bond donors (Lipinski definition) is 3. The van der Waals surface area contributed by atoms with Gasteiger partial charge in [-0.15, -0.1) is 0 Å². The first-order valence-electron chi connectivity index (χ1n) is 6.54. The zero-order valence-electron chi connectivity index (χ0n) is 11.3. The van der Waals surface area contributed by atoms with Gasteiger partial charge in [0, 0.05) is 26.1 Å². The number of hydrogen-bond acceptors (Lipinski definition) is 4. The molecule has 1 fully saturated rings. The number of carbonyl (C=O) groups is 1. The number of sulfonamides is 1. The highest BCUT2D eigenvalue weighted by Crippen LogP contribution is 2.12. The van der Waals surface area contributed by atoms with Crippen LogP contribution in [0.1, 0.15) is 18.9 Å². The molecule has 1 heterocycles. The average Bonchev–Trinajstić information content (AvgIpc) is 2.89. The molecule has 0 aliphatic carbocycles. The standard InChI is InChI=1S/C13H19N3O3S/c1-10(17)15-8-11-2-4-13(5-3-11)20(18,19)16-12-6-7-14-9-12/h2-5,12,14,16H,6-9H2,1H3,(H,15,17). The maximum Gasteiger partial charge on any atom is 0.240 e. The average molecular weight is 297 g/mol. The summed E-state index contributed by atoms with van der Waals surface area (Å²) in [5.41, 5.74) is 0.863. The summed E-state index contributed by atoms with van der Waals surface area (Å²) in [5.74, 6) is -0.114. The predicted molar refractivity (Wildman–Crippen MR) is 75.6 cm³/mol. The fourth-order valence-electron chi connectivity index (χ4n) is 2.06. The van der Waals surface area contributed by atoms with Crippen molar-refractivity contribution in [3.8, 4) is 0 Å². The van der Waals surface area contributed by atoms with Gasteiger partial charge in [0.15, 0.2) is 0 Å². The third kappa shape index (κ3) is 4.03. The molecule has 0 bridgehead atoms. The Morgan fingerprint density at radius 3 is 2.60 bits per heavy atom. The molecular formula is C13H19N3O3S. The second kappa shape index (κ2) is 6.34. The van der Waals surface area contributed by atoms with Crippen LogP contribution in [0.25, 0.3) is 0 Å². The van der Waals surface area contributed by atoms with Gasteiger partial charge in [-0.05, 0) is 30.7 Å². The van der Waals surface area contributed by atoms with E-state index in [1.54, 1.807) is 24.3 Å². The Bertz CT molecular complexity index is 563. The minimum absolute atomic E-state index is 0.0425. The molecular weight excluding hydrogens is 278 g/mol. The minimum Gasteiger partial charge on any atom is -0.352 e. The van der Waals surface area contributed by atoms with Gasteiger partial charge < -0.3 is 10.6 Å². The Hall–Kier alpha value is -1.44. The number of amides is 1. The molecule has 1 amide bonds. The molecule has 0 saturated carbocycles. The molecule has 0 spiro atoms. The van der Waals surface area contributed by atoms with E-state index < -0.39 is 10.0 Å². The van der Waals surface area contributed by atoms with Crippen LogP contribution in [-0.2, 0) is 21.4 Å². The van der Waals surface area contributed by atoms with Gasteiger partial charge in [-0.25, -0.2) is 13.1 Å². The first kappa shape index (κ1) is 15.0. The molecule has 0 radical (unpaired) electrons. The summed E-state index contributed by atoms with van der Waals surface area (Å²) < 4.78 is 27.0. The van der Waals surface area contributed by atoms with Crippen LogP contribution in [0.5, 0.6) is 0 Å². The SMILES string of the molecule is CC(=O)NCc1ccc(S(=O)(=O)NC2CCNC2)cc1. The number of nitrogens with one attached hydrogen (secondary N) is 3. The van der Waals surface area contributed by atoms with E-state index in [0.717, 1.165) is 18.5 Å². The first-order chi connectivity index (χ1) is 9.47. The Morgan fingerprint density at radius 2 is 2.05 bits per heavy atom. The molecule has 2 rings (SSSR count). The Morgan fingerprint density at radius 1 is 1.35 bits per heavy atom. The van der Waals surface area contributed by atoms with Gasteiger partial charge in [-0.2, -0.15) is 0 Å². The van der Waals surface area contributed by atoms with E-state index in [0.29, 0.717) is 13.1 Å². The quantitative estimate of drug-likeness (QED) is 0.712. The van der Waals surface area contributed by atoms with Crippen molar-refractivity contribution in [2.45, 2.75) is 30.8 Å². The third-order valence-corrected chi connectivity index (χ3v) is 4.69. The molecule has 1 saturated heterocycles. The monoisotopic (exact) mass is 297 g/mol. The van der Waals surface area contributed by atoms with E-state index >= 15 is 0 Å². The van der Waals surface area contributed by atoms with E-state index in [1.165, 1.54) is 6.92 Å². The van der Waals surface area contributed by atoms with Gasteiger partial charge in [-0.1, -0.05) is 12.1 Å². The molecule has 1 unspecified atom stereocenters. The fraction of sp³-hybridized carbons (Fsp3) is 0.462. The van der Waals surface area contributed by atoms with Crippen LogP contribution in [-0.4, -0.2) is 33.5 Å². The molecule has 6 nitrogen and oxygen atoms in total. The molecule has 0 aromatic heterocycles. The van der Waals surface area contributed by atoms with Crippen molar-refractivity contribution in [2.75, 3.05) is 13.1 Å². The highest BCUT2D eigenvalue weighted by molar-refractivity contribution is 7.89. The zero-order chi connectivity index (χ0) is 14.6. The number of benzene rings is 1. The van der Waals surface area contributed by atoms with Crippen molar-refractivity contribution in [2.24, 2.45) is 0 Å². The molecule has 1 atom stereocenters. The van der Waals surface area contributed by atoms with Gasteiger partial charge in [0.2, 0.25) is 15.9 Å². The summed E-state index contributed by atoms with van der Waals surface area (Å²) in [7, 11) is -3.47. The van der Waals surface area contributed by atoms with Crippen molar-refractivity contribution in [3.05, 3.63) is 29.8 Å². The van der Waals surface area contributed by atoms with Crippen LogP contribution in [0.15, 0.2) is 29.2 Å². The van der Waals surface area contributed by atoms with Crippen molar-refractivity contribution < 1.29 is 13.2 Å². The Balaban J connectivity index is 2.02. The normalized spacial score (nSPS) is 18.9. The predicted octanol–water partition coefficient (Wildman–Crippen LogP) is -0.0371. The molecule has 1 aromatic carbocycles. The molecule has 1 aliphatic rings. The largest absolute Gasteiger partial charge is 0.352 e. The van der Waals surface area contributed by atoms with Crippen LogP contribution < -0.4 is 15.4 Å². The van der Waals surface area contributed by atoms with Crippen LogP contribution in [0.3, 0.4) is 0 Å². The first-order valence-corrected chi connectivity index (χ1v) is 8.02. The third-order valence-electron chi connectivity index (χ3n) is 3.16. The lowest BCUT2D eigenvalue weighted by Crippen LogP contribution is -2.36. The van der Waals surface area contributed by atoms with Crippen molar-refractivity contribution in [3.63, 3.8) is 0 Å². The summed E-state index contributed by atoms with van der Waals surface area (Å²) in [5, 5.41) is 5.78. The van der Waals surface area contributed by atoms with E-state index in [9.17, 15) is 13.2 Å². The summed E-state index contributed by atoms with van der Waals surface area (Å²) in [4.78, 5) is 11.1. The molecule has 1 aliphatic heterocycles. The Labute approximate surface area is 119 Å². The number of rotatable bonds is 5. The lowest BCUT2D eigenvalue weighted by Gasteiger charge is -2.12. The van der Waals surface area contributed by atoms with Crippen LogP contribution in [0.2, 0.25) is 0 Å². The highest BCUT2D eigenvalue weighted by atomic mass is 32.2. The lowest BCUT2D eigenvalue weighted by molar-refractivity contribution is -0.119. The fourth-order valence-corrected chi connectivity index (χ4v) is 3.33. The van der Waals surface area contributed by atoms with Crippen LogP contribution in [0.4, 0.5) is 0 Å². The van der Waals surface area contributed by atoms with Gasteiger partial charge in [0.25, 0.3) is 0 Å². The van der Waals surface area contributed by atoms with Gasteiger partial charge in [0.1, 0.15) is 0 Å². The topological polar surface area (TPSA) is 87.3 Å². The maximum atomic E-state index is 12.2. The molecule has 110 valence electrons. The highest BCUT2D eigenvalue weighted by Gasteiger charge is 2.22. The second-order valence-electron chi connectivity index (χ2n) is 4.86. The summed E-state index contributed by atoms with van der Waals surface area (Å²) in [6, 6.07) is 6.48. The van der Waals surface area contributed by atoms with Crippen molar-refractivity contribution in [1.82, 2.24) is 15.4 Å². The van der Waals surface area contributed by atoms with Gasteiger partial charge >= 0.3 is 0 Å². The summed E-state index contributed by atoms with van der Waals surface area (Å²) in [6.07, 6.45) is 0.805. The molecule has 20 heavy (non-hydrogen) atoms. The van der Waals surface area contributed by atoms with Gasteiger partial charge in [-0.3, -0.25) is 4.79 Å². The number of carbonyl (C=O) groups excluding carboxylic acids is 1. The van der Waals surface area contributed by atoms with E-state index in [1.807, 2.05) is 0 Å². The minimum atomic E-state index is -3.47. The van der Waals surface area contributed by atoms with Crippen molar-refractivity contribution >= 4 is 15.9 Å². The van der Waals surface area contributed by atoms with Crippen LogP contribution >= 0.6 is 0 Å². The maximum absolute atomic E-state index is 12.2. The molecule has 7 heteroatoms. The van der Waals surface area contributed by atoms with Gasteiger partial charge in [0.05, 0.1) is 4.90 Å². The van der Waals surface area contributed by atoms with E-state index in [-0.39, 0.29) is 16.8 Å². The Kier molecular flexibility index (Phi) is 4.74. The van der Waals surface area contributed by atoms with E-state index in [2.05, 4.69) is 15.4 Å². The van der Waals surface area contributed by atoms with E-state index in [4.69, 9.17) is 0 Å². The lowest BCUT2D eigenvalue weighted by atomic mass is 10.2. The molecule has 1 aromatic rings. The zero-order valence-corrected chi connectivity index (χ0v) is 12.2. The second-order valence-corrected chi connectivity index (χ2v) is 6.58. The van der Waals surface area contributed by atoms with Crippen molar-refractivity contribution in [1.29, 1.82) is 0 Å².